The lowest BCUT2D eigenvalue weighted by Gasteiger charge is -2.34. The molecular formula is C25H33Cl2N3O4S. The molecule has 0 aliphatic rings. The van der Waals surface area contributed by atoms with Gasteiger partial charge in [-0.05, 0) is 50.5 Å². The van der Waals surface area contributed by atoms with E-state index in [2.05, 4.69) is 5.32 Å². The van der Waals surface area contributed by atoms with Crippen LogP contribution in [0.1, 0.15) is 45.2 Å². The van der Waals surface area contributed by atoms with Crippen molar-refractivity contribution < 1.29 is 18.0 Å². The summed E-state index contributed by atoms with van der Waals surface area (Å²) in [6.07, 6.45) is 1.96. The Balaban J connectivity index is 2.54. The molecule has 1 atom stereocenters. The van der Waals surface area contributed by atoms with Gasteiger partial charge in [-0.1, -0.05) is 61.3 Å². The van der Waals surface area contributed by atoms with Crippen LogP contribution in [0.2, 0.25) is 10.0 Å². The second-order valence-corrected chi connectivity index (χ2v) is 11.3. The first-order valence-electron chi connectivity index (χ1n) is 11.5. The van der Waals surface area contributed by atoms with Crippen LogP contribution < -0.4 is 9.62 Å². The zero-order valence-electron chi connectivity index (χ0n) is 20.7. The van der Waals surface area contributed by atoms with E-state index in [0.29, 0.717) is 34.1 Å². The van der Waals surface area contributed by atoms with Crippen molar-refractivity contribution in [3.63, 3.8) is 0 Å². The molecule has 2 aromatic carbocycles. The standard InChI is InChI=1S/C25H33Cl2N3O4S/c1-6-18-11-8-9-14-23(18)30(35(5,33)34)16-24(31)29(22(7-2)25(32)28-17(3)4)15-19-20(26)12-10-13-21(19)27/h8-14,17,22H,6-7,15-16H2,1-5H3,(H,28,32). The summed E-state index contributed by atoms with van der Waals surface area (Å²) in [4.78, 5) is 28.1. The molecule has 0 saturated heterocycles. The van der Waals surface area contributed by atoms with Crippen LogP contribution in [0.25, 0.3) is 0 Å². The number of sulfonamides is 1. The van der Waals surface area contributed by atoms with Crippen LogP contribution in [0.3, 0.4) is 0 Å². The summed E-state index contributed by atoms with van der Waals surface area (Å²) in [5.74, 6) is -0.873. The quantitative estimate of drug-likeness (QED) is 0.448. The fourth-order valence-corrected chi connectivity index (χ4v) is 5.20. The van der Waals surface area contributed by atoms with Crippen molar-refractivity contribution in [1.29, 1.82) is 0 Å². The van der Waals surface area contributed by atoms with Gasteiger partial charge in [0.25, 0.3) is 0 Å². The van der Waals surface area contributed by atoms with E-state index in [0.717, 1.165) is 16.1 Å². The van der Waals surface area contributed by atoms with Crippen LogP contribution in [0.15, 0.2) is 42.5 Å². The maximum atomic E-state index is 13.7. The number of rotatable bonds is 11. The van der Waals surface area contributed by atoms with Gasteiger partial charge < -0.3 is 10.2 Å². The van der Waals surface area contributed by atoms with E-state index in [1.165, 1.54) is 4.90 Å². The van der Waals surface area contributed by atoms with E-state index in [1.807, 2.05) is 32.9 Å². The molecule has 35 heavy (non-hydrogen) atoms. The molecule has 0 aliphatic heterocycles. The zero-order valence-corrected chi connectivity index (χ0v) is 23.0. The van der Waals surface area contributed by atoms with Crippen molar-refractivity contribution in [2.24, 2.45) is 0 Å². The highest BCUT2D eigenvalue weighted by Crippen LogP contribution is 2.28. The monoisotopic (exact) mass is 541 g/mol. The average Bonchev–Trinajstić information content (AvgIpc) is 2.77. The van der Waals surface area contributed by atoms with E-state index in [4.69, 9.17) is 23.2 Å². The molecule has 0 radical (unpaired) electrons. The SMILES string of the molecule is CCc1ccccc1N(CC(=O)N(Cc1c(Cl)cccc1Cl)C(CC)C(=O)NC(C)C)S(C)(=O)=O. The molecular weight excluding hydrogens is 509 g/mol. The van der Waals surface area contributed by atoms with Crippen molar-refractivity contribution in [2.75, 3.05) is 17.1 Å². The molecule has 192 valence electrons. The van der Waals surface area contributed by atoms with E-state index in [9.17, 15) is 18.0 Å². The van der Waals surface area contributed by atoms with E-state index < -0.39 is 28.5 Å². The molecule has 0 fully saturated rings. The van der Waals surface area contributed by atoms with Crippen LogP contribution >= 0.6 is 23.2 Å². The minimum Gasteiger partial charge on any atom is -0.352 e. The number of anilines is 1. The Morgan fingerprint density at radius 1 is 1.00 bits per heavy atom. The summed E-state index contributed by atoms with van der Waals surface area (Å²) in [7, 11) is -3.81. The van der Waals surface area contributed by atoms with Gasteiger partial charge in [0.2, 0.25) is 21.8 Å². The van der Waals surface area contributed by atoms with Crippen LogP contribution in [0.5, 0.6) is 0 Å². The van der Waals surface area contributed by atoms with Crippen molar-refractivity contribution in [1.82, 2.24) is 10.2 Å². The number of aryl methyl sites for hydroxylation is 1. The summed E-state index contributed by atoms with van der Waals surface area (Å²) in [6.45, 7) is 6.84. The van der Waals surface area contributed by atoms with Gasteiger partial charge in [-0.15, -0.1) is 0 Å². The predicted octanol–water partition coefficient (Wildman–Crippen LogP) is 4.65. The second-order valence-electron chi connectivity index (χ2n) is 8.56. The molecule has 0 aromatic heterocycles. The Kier molecular flexibility index (Phi) is 10.4. The van der Waals surface area contributed by atoms with Crippen LogP contribution in [0.4, 0.5) is 5.69 Å². The molecule has 7 nitrogen and oxygen atoms in total. The van der Waals surface area contributed by atoms with Gasteiger partial charge in [0.05, 0.1) is 11.9 Å². The number of para-hydroxylation sites is 1. The number of hydrogen-bond donors (Lipinski definition) is 1. The van der Waals surface area contributed by atoms with E-state index in [1.54, 1.807) is 37.3 Å². The summed E-state index contributed by atoms with van der Waals surface area (Å²) in [5, 5.41) is 3.55. The number of nitrogens with zero attached hydrogens (tertiary/aromatic N) is 2. The average molecular weight is 543 g/mol. The van der Waals surface area contributed by atoms with E-state index >= 15 is 0 Å². The molecule has 1 unspecified atom stereocenters. The first-order valence-corrected chi connectivity index (χ1v) is 14.1. The lowest BCUT2D eigenvalue weighted by molar-refractivity contribution is -0.140. The van der Waals surface area contributed by atoms with Gasteiger partial charge >= 0.3 is 0 Å². The number of hydrogen-bond acceptors (Lipinski definition) is 4. The Morgan fingerprint density at radius 3 is 2.11 bits per heavy atom. The lowest BCUT2D eigenvalue weighted by atomic mass is 10.1. The molecule has 2 rings (SSSR count). The minimum absolute atomic E-state index is 0.0472. The van der Waals surface area contributed by atoms with Crippen molar-refractivity contribution in [3.05, 3.63) is 63.6 Å². The summed E-state index contributed by atoms with van der Waals surface area (Å²) < 4.78 is 26.6. The predicted molar refractivity (Wildman–Crippen MR) is 142 cm³/mol. The summed E-state index contributed by atoms with van der Waals surface area (Å²) in [5.41, 5.74) is 1.71. The Bertz CT molecular complexity index is 1130. The van der Waals surface area contributed by atoms with E-state index in [-0.39, 0.29) is 18.5 Å². The highest BCUT2D eigenvalue weighted by atomic mass is 35.5. The molecule has 10 heteroatoms. The smallest absolute Gasteiger partial charge is 0.244 e. The molecule has 0 bridgehead atoms. The van der Waals surface area contributed by atoms with Crippen molar-refractivity contribution in [2.45, 2.75) is 59.2 Å². The number of benzene rings is 2. The maximum Gasteiger partial charge on any atom is 0.244 e. The normalized spacial score (nSPS) is 12.3. The summed E-state index contributed by atoms with van der Waals surface area (Å²) >= 11 is 12.7. The van der Waals surface area contributed by atoms with Crippen LogP contribution in [-0.4, -0.2) is 50.0 Å². The number of carbonyl (C=O) groups is 2. The third kappa shape index (κ3) is 7.59. The second kappa shape index (κ2) is 12.6. The van der Waals surface area contributed by atoms with Gasteiger partial charge in [0, 0.05) is 28.2 Å². The fraction of sp³-hybridized carbons (Fsp3) is 0.440. The van der Waals surface area contributed by atoms with Gasteiger partial charge in [-0.3, -0.25) is 13.9 Å². The molecule has 0 saturated carbocycles. The fourth-order valence-electron chi connectivity index (χ4n) is 3.80. The van der Waals surface area contributed by atoms with Gasteiger partial charge in [0.1, 0.15) is 12.6 Å². The molecule has 1 N–H and O–H groups in total. The molecule has 2 amide bonds. The topological polar surface area (TPSA) is 86.8 Å². The Hall–Kier alpha value is -2.29. The highest BCUT2D eigenvalue weighted by molar-refractivity contribution is 7.92. The van der Waals surface area contributed by atoms with Crippen LogP contribution in [0, 0.1) is 0 Å². The maximum absolute atomic E-state index is 13.7. The molecule has 0 aliphatic carbocycles. The lowest BCUT2D eigenvalue weighted by Crippen LogP contribution is -2.53. The summed E-state index contributed by atoms with van der Waals surface area (Å²) in [6, 6.07) is 11.1. The van der Waals surface area contributed by atoms with Gasteiger partial charge in [-0.25, -0.2) is 8.42 Å². The highest BCUT2D eigenvalue weighted by Gasteiger charge is 2.33. The zero-order chi connectivity index (χ0) is 26.3. The number of amides is 2. The number of nitrogens with one attached hydrogen (secondary N) is 1. The number of halogens is 2. The molecule has 0 heterocycles. The van der Waals surface area contributed by atoms with Crippen molar-refractivity contribution >= 4 is 50.7 Å². The largest absolute Gasteiger partial charge is 0.352 e. The van der Waals surface area contributed by atoms with Crippen LogP contribution in [-0.2, 0) is 32.6 Å². The van der Waals surface area contributed by atoms with Crippen molar-refractivity contribution in [3.8, 4) is 0 Å². The number of carbonyl (C=O) groups excluding carboxylic acids is 2. The van der Waals surface area contributed by atoms with Gasteiger partial charge in [0.15, 0.2) is 0 Å². The third-order valence-electron chi connectivity index (χ3n) is 5.53. The third-order valence-corrected chi connectivity index (χ3v) is 7.36. The molecule has 0 spiro atoms. The molecule has 2 aromatic rings. The van der Waals surface area contributed by atoms with Gasteiger partial charge in [-0.2, -0.15) is 0 Å². The Morgan fingerprint density at radius 2 is 1.60 bits per heavy atom. The minimum atomic E-state index is -3.81. The first kappa shape index (κ1) is 28.9. The Labute approximate surface area is 218 Å². The first-order chi connectivity index (χ1) is 16.4.